The van der Waals surface area contributed by atoms with Crippen molar-refractivity contribution in [1.82, 2.24) is 20.2 Å². The summed E-state index contributed by atoms with van der Waals surface area (Å²) in [5.74, 6) is -0.728. The van der Waals surface area contributed by atoms with E-state index in [1.165, 1.54) is 23.2 Å². The Morgan fingerprint density at radius 1 is 1.30 bits per heavy atom. The number of amides is 2. The zero-order valence-corrected chi connectivity index (χ0v) is 19.2. The highest BCUT2D eigenvalue weighted by atomic mass is 35.5. The molecule has 2 aromatic carbocycles. The first-order valence-electron chi connectivity index (χ1n) is 10.00. The lowest BCUT2D eigenvalue weighted by Gasteiger charge is -2.19. The van der Waals surface area contributed by atoms with Crippen molar-refractivity contribution in [3.8, 4) is 17.0 Å². The smallest absolute Gasteiger partial charge is 0.255 e. The Morgan fingerprint density at radius 3 is 2.85 bits per heavy atom. The first kappa shape index (κ1) is 22.9. The normalized spacial score (nSPS) is 13.6. The number of benzene rings is 2. The summed E-state index contributed by atoms with van der Waals surface area (Å²) < 4.78 is 20.1. The van der Waals surface area contributed by atoms with Crippen molar-refractivity contribution in [2.45, 2.75) is 19.5 Å². The molecule has 2 amide bonds. The van der Waals surface area contributed by atoms with Gasteiger partial charge in [0.25, 0.3) is 5.91 Å². The Balaban J connectivity index is 1.50. The van der Waals surface area contributed by atoms with Crippen LogP contribution in [0.4, 0.5) is 4.39 Å². The summed E-state index contributed by atoms with van der Waals surface area (Å²) in [5, 5.41) is 2.98. The largest absolute Gasteiger partial charge is 0.497 e. The molecule has 4 rings (SSSR count). The molecule has 1 atom stereocenters. The molecule has 33 heavy (non-hydrogen) atoms. The van der Waals surface area contributed by atoms with Crippen molar-refractivity contribution in [3.63, 3.8) is 0 Å². The molecule has 0 bridgehead atoms. The number of halogens is 3. The predicted octanol–water partition coefficient (Wildman–Crippen LogP) is 4.43. The van der Waals surface area contributed by atoms with Gasteiger partial charge in [0.2, 0.25) is 11.2 Å². The zero-order chi connectivity index (χ0) is 23.7. The molecule has 10 heteroatoms. The van der Waals surface area contributed by atoms with Crippen LogP contribution in [0.3, 0.4) is 0 Å². The van der Waals surface area contributed by atoms with Gasteiger partial charge < -0.3 is 15.0 Å². The quantitative estimate of drug-likeness (QED) is 0.518. The highest BCUT2D eigenvalue weighted by Gasteiger charge is 2.32. The Kier molecular flexibility index (Phi) is 6.49. The van der Waals surface area contributed by atoms with Gasteiger partial charge in [0.15, 0.2) is 0 Å². The fourth-order valence-corrected chi connectivity index (χ4v) is 4.02. The molecule has 3 aromatic rings. The second-order valence-electron chi connectivity index (χ2n) is 7.55. The third-order valence-electron chi connectivity index (χ3n) is 5.36. The maximum absolute atomic E-state index is 14.8. The van der Waals surface area contributed by atoms with Gasteiger partial charge in [0.1, 0.15) is 18.1 Å². The molecule has 170 valence electrons. The van der Waals surface area contributed by atoms with Gasteiger partial charge in [0.05, 0.1) is 36.6 Å². The van der Waals surface area contributed by atoms with Crippen LogP contribution < -0.4 is 10.1 Å². The summed E-state index contributed by atoms with van der Waals surface area (Å²) >= 11 is 12.0. The van der Waals surface area contributed by atoms with Crippen LogP contribution in [0.15, 0.2) is 42.6 Å². The lowest BCUT2D eigenvalue weighted by molar-refractivity contribution is -0.122. The minimum atomic E-state index is -0.589. The van der Waals surface area contributed by atoms with Crippen LogP contribution in [0.25, 0.3) is 11.3 Å². The Bertz CT molecular complexity index is 1250. The number of rotatable bonds is 6. The van der Waals surface area contributed by atoms with Crippen LogP contribution in [0.1, 0.15) is 34.5 Å². The number of nitrogens with one attached hydrogen (secondary N) is 1. The summed E-state index contributed by atoms with van der Waals surface area (Å²) in [7, 11) is 1.57. The Labute approximate surface area is 199 Å². The summed E-state index contributed by atoms with van der Waals surface area (Å²) in [6, 6.07) is 9.77. The highest BCUT2D eigenvalue weighted by molar-refractivity contribution is 6.33. The molecule has 0 radical (unpaired) electrons. The summed E-state index contributed by atoms with van der Waals surface area (Å²) in [6.07, 6.45) is 1.30. The standard InChI is InChI=1S/C23H19Cl2FN4O3/c1-12(13-4-3-5-15(6-13)33-2)28-20(31)11-30-10-17-16(22(30)32)7-14(8-19(17)26)21-18(24)9-27-23(25)29-21/h3-9,12H,10-11H2,1-2H3,(H,28,31)/t12-/m1/s1. The van der Waals surface area contributed by atoms with Crippen molar-refractivity contribution in [3.05, 3.63) is 75.4 Å². The molecule has 0 fully saturated rings. The van der Waals surface area contributed by atoms with E-state index in [0.29, 0.717) is 11.3 Å². The predicted molar refractivity (Wildman–Crippen MR) is 122 cm³/mol. The molecule has 2 heterocycles. The molecular weight excluding hydrogens is 470 g/mol. The fraction of sp³-hybridized carbons (Fsp3) is 0.217. The van der Waals surface area contributed by atoms with E-state index >= 15 is 0 Å². The molecule has 1 aliphatic rings. The number of aromatic nitrogens is 2. The molecule has 0 unspecified atom stereocenters. The number of fused-ring (bicyclic) bond motifs is 1. The Hall–Kier alpha value is -3.23. The van der Waals surface area contributed by atoms with E-state index in [4.69, 9.17) is 27.9 Å². The second kappa shape index (κ2) is 9.33. The summed E-state index contributed by atoms with van der Waals surface area (Å²) in [4.78, 5) is 34.6. The molecule has 1 aromatic heterocycles. The van der Waals surface area contributed by atoms with Crippen LogP contribution in [0.5, 0.6) is 5.75 Å². The number of nitrogens with zero attached hydrogens (tertiary/aromatic N) is 3. The molecule has 1 N–H and O–H groups in total. The molecule has 0 saturated carbocycles. The topological polar surface area (TPSA) is 84.4 Å². The number of hydrogen-bond donors (Lipinski definition) is 1. The van der Waals surface area contributed by atoms with Gasteiger partial charge in [-0.05, 0) is 48.4 Å². The van der Waals surface area contributed by atoms with Gasteiger partial charge in [-0.1, -0.05) is 23.7 Å². The average molecular weight is 489 g/mol. The molecule has 0 spiro atoms. The molecule has 0 aliphatic carbocycles. The molecular formula is C23H19Cl2FN4O3. The average Bonchev–Trinajstić information content (AvgIpc) is 3.11. The van der Waals surface area contributed by atoms with Crippen LogP contribution >= 0.6 is 23.2 Å². The zero-order valence-electron chi connectivity index (χ0n) is 17.7. The number of methoxy groups -OCH3 is 1. The number of carbonyl (C=O) groups excluding carboxylic acids is 2. The minimum Gasteiger partial charge on any atom is -0.497 e. The van der Waals surface area contributed by atoms with Crippen LogP contribution in [0.2, 0.25) is 10.3 Å². The van der Waals surface area contributed by atoms with Gasteiger partial charge in [-0.2, -0.15) is 0 Å². The summed E-state index contributed by atoms with van der Waals surface area (Å²) in [6.45, 7) is 1.60. The van der Waals surface area contributed by atoms with E-state index in [-0.39, 0.29) is 52.2 Å². The van der Waals surface area contributed by atoms with Gasteiger partial charge in [-0.15, -0.1) is 0 Å². The lowest BCUT2D eigenvalue weighted by Crippen LogP contribution is -2.38. The van der Waals surface area contributed by atoms with Crippen molar-refractivity contribution in [2.75, 3.05) is 13.7 Å². The van der Waals surface area contributed by atoms with Crippen molar-refractivity contribution in [1.29, 1.82) is 0 Å². The molecule has 7 nitrogen and oxygen atoms in total. The third-order valence-corrected chi connectivity index (χ3v) is 5.81. The molecule has 1 aliphatic heterocycles. The van der Waals surface area contributed by atoms with Crippen molar-refractivity contribution in [2.24, 2.45) is 0 Å². The Morgan fingerprint density at radius 2 is 2.09 bits per heavy atom. The maximum Gasteiger partial charge on any atom is 0.255 e. The van der Waals surface area contributed by atoms with Crippen LogP contribution in [-0.2, 0) is 11.3 Å². The van der Waals surface area contributed by atoms with E-state index in [0.717, 1.165) is 5.56 Å². The van der Waals surface area contributed by atoms with Gasteiger partial charge in [0, 0.05) is 16.7 Å². The maximum atomic E-state index is 14.8. The molecule has 0 saturated heterocycles. The van der Waals surface area contributed by atoms with E-state index in [1.54, 1.807) is 7.11 Å². The number of carbonyl (C=O) groups is 2. The monoisotopic (exact) mass is 488 g/mol. The van der Waals surface area contributed by atoms with Gasteiger partial charge in [-0.25, -0.2) is 14.4 Å². The first-order chi connectivity index (χ1) is 15.8. The number of ether oxygens (including phenoxy) is 1. The van der Waals surface area contributed by atoms with E-state index < -0.39 is 11.7 Å². The summed E-state index contributed by atoms with van der Waals surface area (Å²) in [5.41, 5.74) is 1.74. The van der Waals surface area contributed by atoms with Gasteiger partial charge in [-0.3, -0.25) is 9.59 Å². The second-order valence-corrected chi connectivity index (χ2v) is 8.29. The van der Waals surface area contributed by atoms with Crippen LogP contribution in [0, 0.1) is 5.82 Å². The van der Waals surface area contributed by atoms with E-state index in [9.17, 15) is 14.0 Å². The minimum absolute atomic E-state index is 0.0144. The van der Waals surface area contributed by atoms with E-state index in [1.807, 2.05) is 31.2 Å². The van der Waals surface area contributed by atoms with Gasteiger partial charge >= 0.3 is 0 Å². The van der Waals surface area contributed by atoms with Crippen LogP contribution in [-0.4, -0.2) is 40.3 Å². The fourth-order valence-electron chi connectivity index (χ4n) is 3.69. The first-order valence-corrected chi connectivity index (χ1v) is 10.8. The SMILES string of the molecule is COc1cccc([C@@H](C)NC(=O)CN2Cc3c(F)cc(-c4nc(Cl)ncc4Cl)cc3C2=O)c1. The lowest BCUT2D eigenvalue weighted by atomic mass is 10.0. The van der Waals surface area contributed by atoms with Crippen molar-refractivity contribution < 1.29 is 18.7 Å². The number of hydrogen-bond acceptors (Lipinski definition) is 5. The highest BCUT2D eigenvalue weighted by Crippen LogP contribution is 2.33. The van der Waals surface area contributed by atoms with Crippen molar-refractivity contribution >= 4 is 35.0 Å². The third kappa shape index (κ3) is 4.77. The van der Waals surface area contributed by atoms with E-state index in [2.05, 4.69) is 15.3 Å².